The first kappa shape index (κ1) is 17.1. The molecule has 0 saturated carbocycles. The van der Waals surface area contributed by atoms with Gasteiger partial charge in [0.05, 0.1) is 17.6 Å². The summed E-state index contributed by atoms with van der Waals surface area (Å²) < 4.78 is 5.67. The van der Waals surface area contributed by atoms with Gasteiger partial charge in [-0.05, 0) is 54.3 Å². The van der Waals surface area contributed by atoms with Gasteiger partial charge in [0.15, 0.2) is 5.78 Å². The molecule has 2 aliphatic rings. The van der Waals surface area contributed by atoms with Gasteiger partial charge in [-0.25, -0.2) is 0 Å². The van der Waals surface area contributed by atoms with Gasteiger partial charge in [0.25, 0.3) is 0 Å². The molecule has 0 unspecified atom stereocenters. The molecule has 2 N–H and O–H groups in total. The first-order valence-corrected chi connectivity index (χ1v) is 9.74. The van der Waals surface area contributed by atoms with Gasteiger partial charge in [0, 0.05) is 22.7 Å². The zero-order chi connectivity index (χ0) is 19.1. The normalized spacial score (nSPS) is 21.2. The van der Waals surface area contributed by atoms with Crippen LogP contribution in [0.25, 0.3) is 0 Å². The van der Waals surface area contributed by atoms with Crippen LogP contribution in [-0.2, 0) is 4.79 Å². The Morgan fingerprint density at radius 1 is 0.929 bits per heavy atom. The van der Waals surface area contributed by atoms with Crippen molar-refractivity contribution in [1.29, 1.82) is 0 Å². The zero-order valence-electron chi connectivity index (χ0n) is 15.1. The molecule has 0 saturated heterocycles. The van der Waals surface area contributed by atoms with E-state index in [4.69, 9.17) is 16.0 Å². The summed E-state index contributed by atoms with van der Waals surface area (Å²) in [5.41, 5.74) is 4.76. The van der Waals surface area contributed by atoms with E-state index in [9.17, 15) is 4.79 Å². The van der Waals surface area contributed by atoms with E-state index in [1.165, 1.54) is 0 Å². The van der Waals surface area contributed by atoms with Crippen molar-refractivity contribution in [2.24, 2.45) is 0 Å². The number of hydrogen-bond donors (Lipinski definition) is 2. The maximum Gasteiger partial charge on any atom is 0.163 e. The molecule has 140 valence electrons. The molecule has 3 aromatic rings. The second-order valence-corrected chi connectivity index (χ2v) is 7.67. The fourth-order valence-electron chi connectivity index (χ4n) is 4.13. The van der Waals surface area contributed by atoms with Crippen LogP contribution in [0, 0.1) is 0 Å². The summed E-state index contributed by atoms with van der Waals surface area (Å²) in [6.45, 7) is 0. The van der Waals surface area contributed by atoms with E-state index < -0.39 is 0 Å². The summed E-state index contributed by atoms with van der Waals surface area (Å²) in [7, 11) is 0. The van der Waals surface area contributed by atoms with Gasteiger partial charge in [0.1, 0.15) is 11.8 Å². The Morgan fingerprint density at radius 3 is 2.46 bits per heavy atom. The minimum absolute atomic E-state index is 0.124. The van der Waals surface area contributed by atoms with Crippen molar-refractivity contribution in [2.75, 3.05) is 10.6 Å². The predicted molar refractivity (Wildman–Crippen MR) is 111 cm³/mol. The van der Waals surface area contributed by atoms with Crippen molar-refractivity contribution in [2.45, 2.75) is 24.8 Å². The van der Waals surface area contributed by atoms with Crippen molar-refractivity contribution in [3.8, 4) is 0 Å². The number of rotatable bonds is 2. The number of hydrogen-bond acceptors (Lipinski definition) is 4. The molecule has 1 aromatic heterocycles. The maximum atomic E-state index is 13.3. The van der Waals surface area contributed by atoms with E-state index in [1.54, 1.807) is 6.26 Å². The highest BCUT2D eigenvalue weighted by Gasteiger charge is 2.37. The number of benzene rings is 2. The lowest BCUT2D eigenvalue weighted by molar-refractivity contribution is -0.116. The Bertz CT molecular complexity index is 1050. The Balaban J connectivity index is 1.59. The summed E-state index contributed by atoms with van der Waals surface area (Å²) in [5, 5.41) is 7.73. The molecule has 1 aliphatic heterocycles. The molecular weight excluding hydrogens is 372 g/mol. The third kappa shape index (κ3) is 3.00. The molecule has 0 radical (unpaired) electrons. The lowest BCUT2D eigenvalue weighted by Crippen LogP contribution is -2.26. The number of furan rings is 1. The lowest BCUT2D eigenvalue weighted by atomic mass is 9.79. The highest BCUT2D eigenvalue weighted by Crippen LogP contribution is 2.44. The monoisotopic (exact) mass is 390 g/mol. The van der Waals surface area contributed by atoms with Crippen LogP contribution in [0.1, 0.15) is 36.1 Å². The Kier molecular flexibility index (Phi) is 4.21. The smallest absolute Gasteiger partial charge is 0.163 e. The Labute approximate surface area is 168 Å². The van der Waals surface area contributed by atoms with Crippen molar-refractivity contribution in [3.05, 3.63) is 94.5 Å². The average Bonchev–Trinajstić information content (AvgIpc) is 3.17. The number of allylic oxidation sites excluding steroid dienone is 1. The predicted octanol–water partition coefficient (Wildman–Crippen LogP) is 5.91. The van der Waals surface area contributed by atoms with Crippen molar-refractivity contribution in [3.63, 3.8) is 0 Å². The molecule has 1 aliphatic carbocycles. The van der Waals surface area contributed by atoms with Crippen molar-refractivity contribution in [1.82, 2.24) is 0 Å². The van der Waals surface area contributed by atoms with Gasteiger partial charge in [-0.15, -0.1) is 0 Å². The van der Waals surface area contributed by atoms with Crippen LogP contribution in [0.2, 0.25) is 5.02 Å². The lowest BCUT2D eigenvalue weighted by Gasteiger charge is -2.29. The molecule has 0 spiro atoms. The van der Waals surface area contributed by atoms with Gasteiger partial charge >= 0.3 is 0 Å². The van der Waals surface area contributed by atoms with E-state index in [1.807, 2.05) is 60.7 Å². The van der Waals surface area contributed by atoms with Crippen LogP contribution >= 0.6 is 11.6 Å². The van der Waals surface area contributed by atoms with Gasteiger partial charge in [0.2, 0.25) is 0 Å². The summed E-state index contributed by atoms with van der Waals surface area (Å²) in [4.78, 5) is 13.3. The van der Waals surface area contributed by atoms with Gasteiger partial charge in [-0.2, -0.15) is 0 Å². The number of anilines is 2. The second kappa shape index (κ2) is 6.88. The fraction of sp³-hybridized carbons (Fsp3) is 0.174. The van der Waals surface area contributed by atoms with E-state index >= 15 is 0 Å². The molecule has 5 heteroatoms. The third-order valence-corrected chi connectivity index (χ3v) is 5.73. The molecule has 0 fully saturated rings. The number of nitrogens with one attached hydrogen (secondary N) is 2. The fourth-order valence-corrected chi connectivity index (χ4v) is 4.26. The van der Waals surface area contributed by atoms with E-state index in [-0.39, 0.29) is 17.7 Å². The van der Waals surface area contributed by atoms with Crippen molar-refractivity contribution < 1.29 is 9.21 Å². The quantitative estimate of drug-likeness (QED) is 0.570. The van der Waals surface area contributed by atoms with Gasteiger partial charge in [-0.1, -0.05) is 35.9 Å². The van der Waals surface area contributed by atoms with E-state index in [0.717, 1.165) is 40.4 Å². The van der Waals surface area contributed by atoms with Crippen LogP contribution in [0.15, 0.2) is 82.6 Å². The van der Waals surface area contributed by atoms with Crippen molar-refractivity contribution >= 4 is 28.8 Å². The first-order chi connectivity index (χ1) is 13.7. The van der Waals surface area contributed by atoms with E-state index in [0.29, 0.717) is 11.4 Å². The van der Waals surface area contributed by atoms with Crippen LogP contribution in [0.5, 0.6) is 0 Å². The van der Waals surface area contributed by atoms with Gasteiger partial charge in [-0.3, -0.25) is 4.79 Å². The molecule has 2 atom stereocenters. The van der Waals surface area contributed by atoms with Crippen LogP contribution in [0.4, 0.5) is 11.4 Å². The summed E-state index contributed by atoms with van der Waals surface area (Å²) in [6, 6.07) is 19.3. The number of para-hydroxylation sites is 2. The maximum absolute atomic E-state index is 13.3. The molecular formula is C23H19ClN2O2. The summed E-state index contributed by atoms with van der Waals surface area (Å²) in [6.07, 6.45) is 2.87. The zero-order valence-corrected chi connectivity index (χ0v) is 15.9. The topological polar surface area (TPSA) is 54.3 Å². The average molecular weight is 391 g/mol. The number of halogens is 1. The number of fused-ring (bicyclic) bond motifs is 1. The number of carbonyl (C=O) groups is 1. The molecule has 2 heterocycles. The summed E-state index contributed by atoms with van der Waals surface area (Å²) >= 11 is 6.04. The summed E-state index contributed by atoms with van der Waals surface area (Å²) in [5.74, 6) is 0.998. The van der Waals surface area contributed by atoms with Crippen LogP contribution < -0.4 is 10.6 Å². The first-order valence-electron chi connectivity index (χ1n) is 9.37. The third-order valence-electron chi connectivity index (χ3n) is 5.48. The number of carbonyl (C=O) groups excluding carboxylic acids is 1. The Morgan fingerprint density at radius 2 is 1.71 bits per heavy atom. The largest absolute Gasteiger partial charge is 0.467 e. The van der Waals surface area contributed by atoms with Crippen LogP contribution in [-0.4, -0.2) is 5.78 Å². The Hall–Kier alpha value is -2.98. The minimum Gasteiger partial charge on any atom is -0.467 e. The van der Waals surface area contributed by atoms with Gasteiger partial charge < -0.3 is 15.1 Å². The van der Waals surface area contributed by atoms with Crippen LogP contribution in [0.3, 0.4) is 0 Å². The molecule has 0 amide bonds. The number of Topliss-reactive ketones (excluding diaryl/α,β-unsaturated/α-hetero) is 1. The second-order valence-electron chi connectivity index (χ2n) is 7.24. The molecule has 0 bridgehead atoms. The molecule has 28 heavy (non-hydrogen) atoms. The molecule has 2 aromatic carbocycles. The molecule has 5 rings (SSSR count). The standard InChI is InChI=1S/C23H19ClN2O2/c24-16-9-7-14(8-10-16)15-12-19-22(20(27)13-15)23(21-6-3-11-28-21)26-18-5-2-1-4-17(18)25-19/h1-11,15,23,25-26H,12-13H2/t15-,23+/m1/s1. The minimum atomic E-state index is -0.306. The highest BCUT2D eigenvalue weighted by molar-refractivity contribution is 6.30. The number of ketones is 1. The molecule has 4 nitrogen and oxygen atoms in total. The SMILES string of the molecule is O=C1C[C@H](c2ccc(Cl)cc2)CC2=C1[C@H](c1ccco1)Nc1ccccc1N2. The van der Waals surface area contributed by atoms with E-state index in [2.05, 4.69) is 10.6 Å². The highest BCUT2D eigenvalue weighted by atomic mass is 35.5.